The van der Waals surface area contributed by atoms with E-state index in [0.717, 1.165) is 11.3 Å². The van der Waals surface area contributed by atoms with E-state index < -0.39 is 0 Å². The van der Waals surface area contributed by atoms with Crippen LogP contribution in [0.3, 0.4) is 0 Å². The molecule has 0 radical (unpaired) electrons. The number of nitrogens with one attached hydrogen (secondary N) is 1. The van der Waals surface area contributed by atoms with Gasteiger partial charge in [-0.25, -0.2) is 4.98 Å². The molecule has 0 aliphatic carbocycles. The van der Waals surface area contributed by atoms with Crippen molar-refractivity contribution in [3.63, 3.8) is 0 Å². The van der Waals surface area contributed by atoms with Gasteiger partial charge in [-0.2, -0.15) is 0 Å². The van der Waals surface area contributed by atoms with Gasteiger partial charge in [0.1, 0.15) is 5.82 Å². The highest BCUT2D eigenvalue weighted by Crippen LogP contribution is 2.36. The molecule has 2 aromatic carbocycles. The number of rotatable bonds is 2. The molecule has 0 amide bonds. The van der Waals surface area contributed by atoms with Gasteiger partial charge in [-0.1, -0.05) is 24.3 Å². The standard InChI is InChI=1S/C17H12N2O3/c20-17-12-5-1-2-6-13(12)18-15(19-17)9-8-11-4-3-7-14-16(11)22-10-21-14/h1-9H,10H2,(H,18,19,20)/b9-8+. The molecule has 22 heavy (non-hydrogen) atoms. The fourth-order valence-corrected chi connectivity index (χ4v) is 2.44. The van der Waals surface area contributed by atoms with E-state index in [1.54, 1.807) is 12.1 Å². The van der Waals surface area contributed by atoms with Crippen molar-refractivity contribution < 1.29 is 9.47 Å². The second-order valence-corrected chi connectivity index (χ2v) is 4.88. The fourth-order valence-electron chi connectivity index (χ4n) is 2.44. The van der Waals surface area contributed by atoms with Crippen LogP contribution in [0.5, 0.6) is 11.5 Å². The Kier molecular flexibility index (Phi) is 2.89. The Balaban J connectivity index is 1.75. The first-order valence-corrected chi connectivity index (χ1v) is 6.87. The highest BCUT2D eigenvalue weighted by Gasteiger charge is 2.15. The van der Waals surface area contributed by atoms with Crippen molar-refractivity contribution in [1.29, 1.82) is 0 Å². The van der Waals surface area contributed by atoms with Crippen LogP contribution in [0.25, 0.3) is 23.1 Å². The molecule has 0 atom stereocenters. The number of fused-ring (bicyclic) bond motifs is 2. The fraction of sp³-hybridized carbons (Fsp3) is 0.0588. The first kappa shape index (κ1) is 12.6. The summed E-state index contributed by atoms with van der Waals surface area (Å²) in [4.78, 5) is 19.2. The summed E-state index contributed by atoms with van der Waals surface area (Å²) >= 11 is 0. The van der Waals surface area contributed by atoms with E-state index in [1.807, 2.05) is 42.5 Å². The maximum absolute atomic E-state index is 12.0. The van der Waals surface area contributed by atoms with Gasteiger partial charge >= 0.3 is 0 Å². The molecule has 2 heterocycles. The van der Waals surface area contributed by atoms with Crippen molar-refractivity contribution in [3.05, 3.63) is 64.2 Å². The lowest BCUT2D eigenvalue weighted by atomic mass is 10.1. The zero-order chi connectivity index (χ0) is 14.9. The third-order valence-corrected chi connectivity index (χ3v) is 3.48. The Labute approximate surface area is 125 Å². The monoisotopic (exact) mass is 292 g/mol. The van der Waals surface area contributed by atoms with Gasteiger partial charge in [0.15, 0.2) is 11.5 Å². The number of benzene rings is 2. The highest BCUT2D eigenvalue weighted by atomic mass is 16.7. The second kappa shape index (κ2) is 5.04. The Morgan fingerprint density at radius 1 is 1.05 bits per heavy atom. The van der Waals surface area contributed by atoms with Crippen molar-refractivity contribution in [2.24, 2.45) is 0 Å². The Hall–Kier alpha value is -3.08. The van der Waals surface area contributed by atoms with Gasteiger partial charge in [0.25, 0.3) is 5.56 Å². The van der Waals surface area contributed by atoms with Crippen molar-refractivity contribution in [3.8, 4) is 11.5 Å². The van der Waals surface area contributed by atoms with Crippen molar-refractivity contribution in [2.45, 2.75) is 0 Å². The molecular weight excluding hydrogens is 280 g/mol. The van der Waals surface area contributed by atoms with Crippen LogP contribution in [0.1, 0.15) is 11.4 Å². The lowest BCUT2D eigenvalue weighted by Crippen LogP contribution is -2.09. The Morgan fingerprint density at radius 3 is 2.91 bits per heavy atom. The van der Waals surface area contributed by atoms with Gasteiger partial charge in [0.05, 0.1) is 10.9 Å². The van der Waals surface area contributed by atoms with Crippen LogP contribution in [0, 0.1) is 0 Å². The molecule has 5 heteroatoms. The molecule has 0 unspecified atom stereocenters. The van der Waals surface area contributed by atoms with Crippen LogP contribution >= 0.6 is 0 Å². The number of nitrogens with zero attached hydrogens (tertiary/aromatic N) is 1. The smallest absolute Gasteiger partial charge is 0.259 e. The summed E-state index contributed by atoms with van der Waals surface area (Å²) in [6, 6.07) is 12.9. The molecule has 0 saturated heterocycles. The highest BCUT2D eigenvalue weighted by molar-refractivity contribution is 5.79. The lowest BCUT2D eigenvalue weighted by Gasteiger charge is -2.01. The largest absolute Gasteiger partial charge is 0.454 e. The topological polar surface area (TPSA) is 64.2 Å². The minimum Gasteiger partial charge on any atom is -0.454 e. The molecular formula is C17H12N2O3. The van der Waals surface area contributed by atoms with Gasteiger partial charge in [0.2, 0.25) is 6.79 Å². The lowest BCUT2D eigenvalue weighted by molar-refractivity contribution is 0.174. The van der Waals surface area contributed by atoms with Gasteiger partial charge in [0, 0.05) is 5.56 Å². The summed E-state index contributed by atoms with van der Waals surface area (Å²) < 4.78 is 10.8. The van der Waals surface area contributed by atoms with Crippen LogP contribution in [0.4, 0.5) is 0 Å². The minimum absolute atomic E-state index is 0.150. The van der Waals surface area contributed by atoms with E-state index in [4.69, 9.17) is 9.47 Å². The van der Waals surface area contributed by atoms with Crippen LogP contribution in [0.15, 0.2) is 47.3 Å². The van der Waals surface area contributed by atoms with Gasteiger partial charge in [-0.3, -0.25) is 4.79 Å². The summed E-state index contributed by atoms with van der Waals surface area (Å²) in [5, 5.41) is 0.581. The normalized spacial score (nSPS) is 13.1. The van der Waals surface area contributed by atoms with Crippen LogP contribution in [0.2, 0.25) is 0 Å². The molecule has 1 N–H and O–H groups in total. The number of hydrogen-bond acceptors (Lipinski definition) is 4. The summed E-state index contributed by atoms with van der Waals surface area (Å²) in [6.45, 7) is 0.227. The number of ether oxygens (including phenoxy) is 2. The molecule has 4 rings (SSSR count). The third kappa shape index (κ3) is 2.13. The molecule has 1 aliphatic heterocycles. The molecule has 1 aliphatic rings. The van der Waals surface area contributed by atoms with Crippen molar-refractivity contribution in [1.82, 2.24) is 9.97 Å². The molecule has 3 aromatic rings. The average Bonchev–Trinajstić information content (AvgIpc) is 3.02. The zero-order valence-corrected chi connectivity index (χ0v) is 11.6. The summed E-state index contributed by atoms with van der Waals surface area (Å²) in [5.41, 5.74) is 1.40. The summed E-state index contributed by atoms with van der Waals surface area (Å²) in [5.74, 6) is 1.93. The molecule has 0 spiro atoms. The van der Waals surface area contributed by atoms with E-state index in [0.29, 0.717) is 22.5 Å². The molecule has 0 bridgehead atoms. The average molecular weight is 292 g/mol. The Morgan fingerprint density at radius 2 is 1.95 bits per heavy atom. The second-order valence-electron chi connectivity index (χ2n) is 4.88. The molecule has 5 nitrogen and oxygen atoms in total. The van der Waals surface area contributed by atoms with Crippen molar-refractivity contribution in [2.75, 3.05) is 6.79 Å². The first-order chi connectivity index (χ1) is 10.8. The van der Waals surface area contributed by atoms with Crippen LogP contribution < -0.4 is 15.0 Å². The first-order valence-electron chi connectivity index (χ1n) is 6.87. The van der Waals surface area contributed by atoms with Crippen molar-refractivity contribution >= 4 is 23.1 Å². The minimum atomic E-state index is -0.150. The van der Waals surface area contributed by atoms with Crippen LogP contribution in [-0.4, -0.2) is 16.8 Å². The number of para-hydroxylation sites is 2. The van der Waals surface area contributed by atoms with E-state index in [-0.39, 0.29) is 12.4 Å². The number of aromatic nitrogens is 2. The Bertz CT molecular complexity index is 944. The summed E-state index contributed by atoms with van der Waals surface area (Å²) in [7, 11) is 0. The predicted molar refractivity (Wildman–Crippen MR) is 83.9 cm³/mol. The zero-order valence-electron chi connectivity index (χ0n) is 11.6. The number of aromatic amines is 1. The van der Waals surface area contributed by atoms with E-state index >= 15 is 0 Å². The van der Waals surface area contributed by atoms with E-state index in [9.17, 15) is 4.79 Å². The maximum Gasteiger partial charge on any atom is 0.259 e. The van der Waals surface area contributed by atoms with Gasteiger partial charge < -0.3 is 14.5 Å². The SMILES string of the molecule is O=c1[nH]c(/C=C/c2cccc3c2OCO3)nc2ccccc12. The molecule has 0 saturated carbocycles. The maximum atomic E-state index is 12.0. The molecule has 0 fully saturated rings. The molecule has 1 aromatic heterocycles. The quantitative estimate of drug-likeness (QED) is 0.789. The van der Waals surface area contributed by atoms with Crippen LogP contribution in [-0.2, 0) is 0 Å². The van der Waals surface area contributed by atoms with E-state index in [2.05, 4.69) is 9.97 Å². The summed E-state index contributed by atoms with van der Waals surface area (Å²) in [6.07, 6.45) is 3.60. The molecule has 108 valence electrons. The van der Waals surface area contributed by atoms with Gasteiger partial charge in [-0.15, -0.1) is 0 Å². The number of H-pyrrole nitrogens is 1. The third-order valence-electron chi connectivity index (χ3n) is 3.48. The van der Waals surface area contributed by atoms with Gasteiger partial charge in [-0.05, 0) is 30.4 Å². The predicted octanol–water partition coefficient (Wildman–Crippen LogP) is 2.82. The number of hydrogen-bond donors (Lipinski definition) is 1. The van der Waals surface area contributed by atoms with E-state index in [1.165, 1.54) is 0 Å².